The molecular weight excluding hydrogens is 362 g/mol. The van der Waals surface area contributed by atoms with Gasteiger partial charge in [-0.05, 0) is 26.8 Å². The number of carbonyl (C=O) groups is 1. The van der Waals surface area contributed by atoms with Gasteiger partial charge in [-0.2, -0.15) is 0 Å². The molecule has 1 amide bonds. The summed E-state index contributed by atoms with van der Waals surface area (Å²) in [5.74, 6) is 0.377. The molecule has 0 unspecified atom stereocenters. The molecule has 1 saturated heterocycles. The van der Waals surface area contributed by atoms with Crippen molar-refractivity contribution in [1.82, 2.24) is 15.3 Å². The molecule has 2 aromatic rings. The molecule has 1 aromatic heterocycles. The molecule has 0 saturated carbocycles. The second kappa shape index (κ2) is 8.99. The van der Waals surface area contributed by atoms with E-state index in [1.54, 1.807) is 6.20 Å². The molecule has 28 heavy (non-hydrogen) atoms. The maximum absolute atomic E-state index is 11.6. The van der Waals surface area contributed by atoms with Crippen molar-refractivity contribution in [1.29, 1.82) is 0 Å². The zero-order valence-electron chi connectivity index (χ0n) is 16.3. The van der Waals surface area contributed by atoms with Crippen LogP contribution < -0.4 is 10.1 Å². The summed E-state index contributed by atoms with van der Waals surface area (Å²) >= 11 is 0. The minimum absolute atomic E-state index is 0.251. The largest absolute Gasteiger partial charge is 0.475 e. The number of ether oxygens (including phenoxy) is 4. The number of carbonyl (C=O) groups excluding carboxylic acids is 1. The van der Waals surface area contributed by atoms with Crippen molar-refractivity contribution in [3.63, 3.8) is 0 Å². The molecule has 2 heterocycles. The lowest BCUT2D eigenvalue weighted by atomic mass is 10.1. The average Bonchev–Trinajstić information content (AvgIpc) is 3.19. The van der Waals surface area contributed by atoms with Gasteiger partial charge in [-0.1, -0.05) is 18.2 Å². The van der Waals surface area contributed by atoms with E-state index in [0.29, 0.717) is 31.3 Å². The Morgan fingerprint density at radius 2 is 2.04 bits per heavy atom. The summed E-state index contributed by atoms with van der Waals surface area (Å²) < 4.78 is 21.8. The summed E-state index contributed by atoms with van der Waals surface area (Å²) in [5, 5.41) is 2.63. The predicted molar refractivity (Wildman–Crippen MR) is 102 cm³/mol. The van der Waals surface area contributed by atoms with Crippen molar-refractivity contribution in [3.8, 4) is 17.1 Å². The Labute approximate surface area is 164 Å². The van der Waals surface area contributed by atoms with Gasteiger partial charge < -0.3 is 24.3 Å². The fraction of sp³-hybridized carbons (Fsp3) is 0.450. The van der Waals surface area contributed by atoms with Crippen molar-refractivity contribution in [2.45, 2.75) is 32.7 Å². The number of alkyl carbamates (subject to hydrolysis) is 1. The third kappa shape index (κ3) is 5.90. The highest BCUT2D eigenvalue weighted by molar-refractivity contribution is 5.67. The summed E-state index contributed by atoms with van der Waals surface area (Å²) in [4.78, 5) is 20.3. The SMILES string of the molecule is CC(C)(C)OC(=O)NCCOc1cncc(-c2cccc(C3OCCO3)c2)n1. The van der Waals surface area contributed by atoms with Gasteiger partial charge in [-0.25, -0.2) is 9.78 Å². The van der Waals surface area contributed by atoms with Crippen molar-refractivity contribution >= 4 is 6.09 Å². The molecule has 1 aliphatic rings. The van der Waals surface area contributed by atoms with Crippen LogP contribution in [0.4, 0.5) is 4.79 Å². The zero-order valence-corrected chi connectivity index (χ0v) is 16.3. The lowest BCUT2D eigenvalue weighted by molar-refractivity contribution is -0.0440. The number of rotatable bonds is 6. The Kier molecular flexibility index (Phi) is 6.43. The van der Waals surface area contributed by atoms with Crippen LogP contribution in [0.2, 0.25) is 0 Å². The summed E-state index contributed by atoms with van der Waals surface area (Å²) in [5.41, 5.74) is 1.97. The highest BCUT2D eigenvalue weighted by atomic mass is 16.7. The lowest BCUT2D eigenvalue weighted by Gasteiger charge is -2.19. The van der Waals surface area contributed by atoms with Gasteiger partial charge in [0.25, 0.3) is 0 Å². The van der Waals surface area contributed by atoms with Gasteiger partial charge in [0.1, 0.15) is 12.2 Å². The predicted octanol–water partition coefficient (Wildman–Crippen LogP) is 3.09. The minimum atomic E-state index is -0.534. The molecule has 1 N–H and O–H groups in total. The van der Waals surface area contributed by atoms with E-state index in [0.717, 1.165) is 11.1 Å². The van der Waals surface area contributed by atoms with E-state index in [4.69, 9.17) is 18.9 Å². The summed E-state index contributed by atoms with van der Waals surface area (Å²) in [7, 11) is 0. The van der Waals surface area contributed by atoms with Crippen LogP contribution in [0.3, 0.4) is 0 Å². The van der Waals surface area contributed by atoms with E-state index < -0.39 is 11.7 Å². The fourth-order valence-electron chi connectivity index (χ4n) is 2.58. The number of hydrogen-bond acceptors (Lipinski definition) is 7. The standard InChI is InChI=1S/C20H25N3O5/c1-20(2,3)28-19(24)22-7-8-25-17-13-21-12-16(23-17)14-5-4-6-15(11-14)18-26-9-10-27-18/h4-6,11-13,18H,7-10H2,1-3H3,(H,22,24). The number of benzene rings is 1. The van der Waals surface area contributed by atoms with E-state index in [2.05, 4.69) is 15.3 Å². The first kappa shape index (κ1) is 20.0. The molecule has 8 heteroatoms. The van der Waals surface area contributed by atoms with Crippen LogP contribution in [0.5, 0.6) is 5.88 Å². The fourth-order valence-corrected chi connectivity index (χ4v) is 2.58. The molecule has 1 aliphatic heterocycles. The van der Waals surface area contributed by atoms with E-state index in [1.807, 2.05) is 45.0 Å². The minimum Gasteiger partial charge on any atom is -0.475 e. The highest BCUT2D eigenvalue weighted by Gasteiger charge is 2.19. The Bertz CT molecular complexity index is 800. The first-order valence-corrected chi connectivity index (χ1v) is 9.16. The molecule has 8 nitrogen and oxygen atoms in total. The lowest BCUT2D eigenvalue weighted by Crippen LogP contribution is -2.34. The Morgan fingerprint density at radius 1 is 1.25 bits per heavy atom. The van der Waals surface area contributed by atoms with Crippen LogP contribution in [0.1, 0.15) is 32.6 Å². The van der Waals surface area contributed by atoms with E-state index in [1.165, 1.54) is 6.20 Å². The Hall–Kier alpha value is -2.71. The number of aromatic nitrogens is 2. The van der Waals surface area contributed by atoms with Gasteiger partial charge in [-0.15, -0.1) is 0 Å². The van der Waals surface area contributed by atoms with Crippen LogP contribution >= 0.6 is 0 Å². The zero-order chi connectivity index (χ0) is 20.0. The monoisotopic (exact) mass is 387 g/mol. The molecule has 150 valence electrons. The van der Waals surface area contributed by atoms with Crippen LogP contribution in [-0.2, 0) is 14.2 Å². The van der Waals surface area contributed by atoms with Crippen molar-refractivity contribution in [2.75, 3.05) is 26.4 Å². The average molecular weight is 387 g/mol. The van der Waals surface area contributed by atoms with Gasteiger partial charge in [0.2, 0.25) is 5.88 Å². The third-order valence-corrected chi connectivity index (χ3v) is 3.71. The van der Waals surface area contributed by atoms with Crippen molar-refractivity contribution < 1.29 is 23.7 Å². The normalized spacial score (nSPS) is 14.7. The quantitative estimate of drug-likeness (QED) is 0.762. The molecule has 0 radical (unpaired) electrons. The van der Waals surface area contributed by atoms with Gasteiger partial charge in [0.15, 0.2) is 6.29 Å². The smallest absolute Gasteiger partial charge is 0.407 e. The number of nitrogens with one attached hydrogen (secondary N) is 1. The molecular formula is C20H25N3O5. The molecule has 1 fully saturated rings. The maximum Gasteiger partial charge on any atom is 0.407 e. The van der Waals surface area contributed by atoms with Crippen molar-refractivity contribution in [3.05, 3.63) is 42.2 Å². The van der Waals surface area contributed by atoms with Gasteiger partial charge >= 0.3 is 6.09 Å². The number of hydrogen-bond donors (Lipinski definition) is 1. The van der Waals surface area contributed by atoms with E-state index in [9.17, 15) is 4.79 Å². The summed E-state index contributed by atoms with van der Waals surface area (Å²) in [6.07, 6.45) is 2.38. The molecule has 0 aliphatic carbocycles. The van der Waals surface area contributed by atoms with Crippen LogP contribution in [0, 0.1) is 0 Å². The second-order valence-corrected chi connectivity index (χ2v) is 7.22. The summed E-state index contributed by atoms with van der Waals surface area (Å²) in [6, 6.07) is 7.79. The first-order valence-electron chi connectivity index (χ1n) is 9.16. The number of nitrogens with zero attached hydrogens (tertiary/aromatic N) is 2. The molecule has 0 atom stereocenters. The molecule has 0 spiro atoms. The van der Waals surface area contributed by atoms with Crippen molar-refractivity contribution in [2.24, 2.45) is 0 Å². The molecule has 1 aromatic carbocycles. The van der Waals surface area contributed by atoms with Gasteiger partial charge in [0, 0.05) is 11.1 Å². The first-order chi connectivity index (χ1) is 13.4. The van der Waals surface area contributed by atoms with Crippen LogP contribution in [0.25, 0.3) is 11.3 Å². The van der Waals surface area contributed by atoms with Crippen LogP contribution in [0.15, 0.2) is 36.7 Å². The highest BCUT2D eigenvalue weighted by Crippen LogP contribution is 2.27. The van der Waals surface area contributed by atoms with E-state index in [-0.39, 0.29) is 12.9 Å². The maximum atomic E-state index is 11.6. The number of amides is 1. The Morgan fingerprint density at radius 3 is 2.79 bits per heavy atom. The van der Waals surface area contributed by atoms with Crippen LogP contribution in [-0.4, -0.2) is 48.0 Å². The van der Waals surface area contributed by atoms with Gasteiger partial charge in [0.05, 0.1) is 37.8 Å². The Balaban J connectivity index is 1.56. The topological polar surface area (TPSA) is 91.8 Å². The molecule has 0 bridgehead atoms. The summed E-state index contributed by atoms with van der Waals surface area (Å²) in [6.45, 7) is 7.16. The molecule has 3 rings (SSSR count). The van der Waals surface area contributed by atoms with Gasteiger partial charge in [-0.3, -0.25) is 4.98 Å². The second-order valence-electron chi connectivity index (χ2n) is 7.22. The van der Waals surface area contributed by atoms with E-state index >= 15 is 0 Å². The third-order valence-electron chi connectivity index (χ3n) is 3.71.